The van der Waals surface area contributed by atoms with Crippen molar-refractivity contribution in [2.45, 2.75) is 6.54 Å². The van der Waals surface area contributed by atoms with Gasteiger partial charge in [-0.05, 0) is 35.2 Å². The number of rotatable bonds is 4. The van der Waals surface area contributed by atoms with Crippen molar-refractivity contribution >= 4 is 17.2 Å². The van der Waals surface area contributed by atoms with Crippen LogP contribution in [-0.2, 0) is 6.54 Å². The number of thiophene rings is 1. The molecule has 1 aliphatic rings. The first kappa shape index (κ1) is 13.8. The highest BCUT2D eigenvalue weighted by Gasteiger charge is 2.15. The Kier molecular flexibility index (Phi) is 3.47. The topological polar surface area (TPSA) is 76.2 Å². The zero-order valence-electron chi connectivity index (χ0n) is 12.0. The molecule has 1 amide bonds. The van der Waals surface area contributed by atoms with Crippen LogP contribution in [0.4, 0.5) is 0 Å². The van der Waals surface area contributed by atoms with E-state index in [2.05, 4.69) is 15.5 Å². The fourth-order valence-electron chi connectivity index (χ4n) is 2.32. The summed E-state index contributed by atoms with van der Waals surface area (Å²) < 4.78 is 10.6. The molecule has 0 bridgehead atoms. The van der Waals surface area contributed by atoms with Crippen LogP contribution in [0.3, 0.4) is 0 Å². The van der Waals surface area contributed by atoms with Gasteiger partial charge in [-0.25, -0.2) is 0 Å². The first-order chi connectivity index (χ1) is 11.3. The van der Waals surface area contributed by atoms with E-state index in [9.17, 15) is 4.79 Å². The highest BCUT2D eigenvalue weighted by molar-refractivity contribution is 7.13. The molecule has 23 heavy (non-hydrogen) atoms. The number of amides is 1. The summed E-state index contributed by atoms with van der Waals surface area (Å²) in [5.41, 5.74) is 2.15. The number of carbonyl (C=O) groups excluding carboxylic acids is 1. The fourth-order valence-corrected chi connectivity index (χ4v) is 3.01. The summed E-state index contributed by atoms with van der Waals surface area (Å²) in [4.78, 5) is 13.2. The molecule has 0 spiro atoms. The summed E-state index contributed by atoms with van der Waals surface area (Å²) in [6, 6.07) is 11.3. The molecule has 2 aromatic heterocycles. The van der Waals surface area contributed by atoms with Crippen LogP contribution in [0.25, 0.3) is 10.6 Å². The van der Waals surface area contributed by atoms with E-state index in [1.807, 2.05) is 35.7 Å². The van der Waals surface area contributed by atoms with Crippen molar-refractivity contribution in [2.75, 3.05) is 6.79 Å². The largest absolute Gasteiger partial charge is 0.454 e. The Morgan fingerprint density at radius 2 is 2.17 bits per heavy atom. The lowest BCUT2D eigenvalue weighted by atomic mass is 10.2. The third kappa shape index (κ3) is 2.78. The van der Waals surface area contributed by atoms with Gasteiger partial charge in [0.15, 0.2) is 17.2 Å². The molecule has 0 saturated carbocycles. The Morgan fingerprint density at radius 1 is 1.26 bits per heavy atom. The molecule has 3 aromatic rings. The van der Waals surface area contributed by atoms with Gasteiger partial charge < -0.3 is 14.8 Å². The van der Waals surface area contributed by atoms with E-state index >= 15 is 0 Å². The van der Waals surface area contributed by atoms with Crippen LogP contribution in [-0.4, -0.2) is 22.9 Å². The molecule has 0 atom stereocenters. The minimum atomic E-state index is -0.221. The van der Waals surface area contributed by atoms with Crippen molar-refractivity contribution in [3.8, 4) is 22.1 Å². The maximum Gasteiger partial charge on any atom is 0.272 e. The average molecular weight is 327 g/mol. The minimum Gasteiger partial charge on any atom is -0.454 e. The van der Waals surface area contributed by atoms with Gasteiger partial charge in [-0.3, -0.25) is 9.89 Å². The van der Waals surface area contributed by atoms with Gasteiger partial charge in [0.05, 0.1) is 10.6 Å². The quantitative estimate of drug-likeness (QED) is 0.772. The second kappa shape index (κ2) is 5.77. The Bertz CT molecular complexity index is 842. The van der Waals surface area contributed by atoms with E-state index in [4.69, 9.17) is 9.47 Å². The number of carbonyl (C=O) groups is 1. The van der Waals surface area contributed by atoms with Crippen LogP contribution in [0, 0.1) is 0 Å². The van der Waals surface area contributed by atoms with Crippen molar-refractivity contribution in [1.29, 1.82) is 0 Å². The van der Waals surface area contributed by atoms with Crippen LogP contribution in [0.2, 0.25) is 0 Å². The van der Waals surface area contributed by atoms with Crippen LogP contribution in [0.15, 0.2) is 41.8 Å². The van der Waals surface area contributed by atoms with Crippen LogP contribution in [0.1, 0.15) is 16.1 Å². The SMILES string of the molecule is O=C(NCc1ccc2c(c1)OCO2)c1cc(-c2cccs2)[nH]n1. The minimum absolute atomic E-state index is 0.221. The Labute approximate surface area is 136 Å². The standard InChI is InChI=1S/C16H13N3O3S/c20-16(12-7-11(18-19-12)15-2-1-5-23-15)17-8-10-3-4-13-14(6-10)22-9-21-13/h1-7H,8-9H2,(H,17,20)(H,18,19). The third-order valence-corrected chi connectivity index (χ3v) is 4.39. The van der Waals surface area contributed by atoms with E-state index in [0.717, 1.165) is 21.9 Å². The number of hydrogen-bond donors (Lipinski definition) is 2. The highest BCUT2D eigenvalue weighted by Crippen LogP contribution is 2.32. The molecule has 116 valence electrons. The first-order valence-electron chi connectivity index (χ1n) is 7.05. The predicted octanol–water partition coefficient (Wildman–Crippen LogP) is 2.80. The number of hydrogen-bond acceptors (Lipinski definition) is 5. The number of nitrogens with zero attached hydrogens (tertiary/aromatic N) is 1. The number of nitrogens with one attached hydrogen (secondary N) is 2. The molecule has 0 unspecified atom stereocenters. The Morgan fingerprint density at radius 3 is 3.04 bits per heavy atom. The molecule has 4 rings (SSSR count). The van der Waals surface area contributed by atoms with Gasteiger partial charge in [0.25, 0.3) is 5.91 Å². The predicted molar refractivity (Wildman–Crippen MR) is 85.6 cm³/mol. The van der Waals surface area contributed by atoms with Gasteiger partial charge >= 0.3 is 0 Å². The smallest absolute Gasteiger partial charge is 0.272 e. The lowest BCUT2D eigenvalue weighted by Gasteiger charge is -2.04. The molecule has 0 fully saturated rings. The summed E-state index contributed by atoms with van der Waals surface area (Å²) in [6.07, 6.45) is 0. The maximum absolute atomic E-state index is 12.2. The van der Waals surface area contributed by atoms with E-state index < -0.39 is 0 Å². The van der Waals surface area contributed by atoms with Gasteiger partial charge in [0.1, 0.15) is 0 Å². The number of H-pyrrole nitrogens is 1. The molecule has 0 aliphatic carbocycles. The first-order valence-corrected chi connectivity index (χ1v) is 7.93. The molecule has 1 aromatic carbocycles. The molecule has 0 saturated heterocycles. The van der Waals surface area contributed by atoms with Gasteiger partial charge in [-0.15, -0.1) is 11.3 Å². The van der Waals surface area contributed by atoms with Crippen LogP contribution < -0.4 is 14.8 Å². The molecular formula is C16H13N3O3S. The second-order valence-electron chi connectivity index (χ2n) is 5.01. The summed E-state index contributed by atoms with van der Waals surface area (Å²) in [7, 11) is 0. The summed E-state index contributed by atoms with van der Waals surface area (Å²) in [5.74, 6) is 1.21. The van der Waals surface area contributed by atoms with Crippen molar-refractivity contribution in [2.24, 2.45) is 0 Å². The normalized spacial score (nSPS) is 12.3. The van der Waals surface area contributed by atoms with Gasteiger partial charge in [-0.2, -0.15) is 5.10 Å². The molecule has 7 heteroatoms. The number of aromatic amines is 1. The van der Waals surface area contributed by atoms with Crippen molar-refractivity contribution in [3.05, 3.63) is 53.0 Å². The van der Waals surface area contributed by atoms with Crippen molar-refractivity contribution < 1.29 is 14.3 Å². The van der Waals surface area contributed by atoms with Crippen molar-refractivity contribution in [3.63, 3.8) is 0 Å². The third-order valence-electron chi connectivity index (χ3n) is 3.49. The fraction of sp³-hybridized carbons (Fsp3) is 0.125. The van der Waals surface area contributed by atoms with E-state index in [0.29, 0.717) is 18.0 Å². The zero-order chi connectivity index (χ0) is 15.6. The molecule has 3 heterocycles. The molecule has 1 aliphatic heterocycles. The van der Waals surface area contributed by atoms with Gasteiger partial charge in [0, 0.05) is 6.54 Å². The monoisotopic (exact) mass is 327 g/mol. The lowest BCUT2D eigenvalue weighted by Crippen LogP contribution is -2.23. The van der Waals surface area contributed by atoms with E-state index in [-0.39, 0.29) is 12.7 Å². The van der Waals surface area contributed by atoms with E-state index in [1.54, 1.807) is 17.4 Å². The molecular weight excluding hydrogens is 314 g/mol. The Balaban J connectivity index is 1.42. The average Bonchev–Trinajstić information content (AvgIpc) is 3.32. The summed E-state index contributed by atoms with van der Waals surface area (Å²) >= 11 is 1.59. The number of benzene rings is 1. The lowest BCUT2D eigenvalue weighted by molar-refractivity contribution is 0.0946. The number of ether oxygens (including phenoxy) is 2. The van der Waals surface area contributed by atoms with Gasteiger partial charge in [-0.1, -0.05) is 12.1 Å². The van der Waals surface area contributed by atoms with Gasteiger partial charge in [0.2, 0.25) is 6.79 Å². The Hall–Kier alpha value is -2.80. The molecule has 6 nitrogen and oxygen atoms in total. The zero-order valence-corrected chi connectivity index (χ0v) is 12.9. The number of aromatic nitrogens is 2. The van der Waals surface area contributed by atoms with Crippen LogP contribution in [0.5, 0.6) is 11.5 Å². The maximum atomic E-state index is 12.2. The molecule has 0 radical (unpaired) electrons. The van der Waals surface area contributed by atoms with Crippen molar-refractivity contribution in [1.82, 2.24) is 15.5 Å². The van der Waals surface area contributed by atoms with Crippen LogP contribution >= 0.6 is 11.3 Å². The highest BCUT2D eigenvalue weighted by atomic mass is 32.1. The second-order valence-corrected chi connectivity index (χ2v) is 5.96. The number of fused-ring (bicyclic) bond motifs is 1. The van der Waals surface area contributed by atoms with E-state index in [1.165, 1.54) is 0 Å². The summed E-state index contributed by atoms with van der Waals surface area (Å²) in [6.45, 7) is 0.639. The molecule has 2 N–H and O–H groups in total. The summed E-state index contributed by atoms with van der Waals surface area (Å²) in [5, 5.41) is 11.8.